The summed E-state index contributed by atoms with van der Waals surface area (Å²) in [5.41, 5.74) is 3.41. The number of carbonyl (C=O) groups is 2. The van der Waals surface area contributed by atoms with Crippen LogP contribution in [0.2, 0.25) is 0 Å². The number of Topliss-reactive ketones (excluding diaryl/α,β-unsaturated/α-hetero) is 1. The monoisotopic (exact) mass is 437 g/mol. The Bertz CT molecular complexity index is 1230. The molecule has 1 aliphatic heterocycles. The highest BCUT2D eigenvalue weighted by Gasteiger charge is 2.50. The molecule has 0 fully saturated rings. The summed E-state index contributed by atoms with van der Waals surface area (Å²) in [5.74, 6) is -0.663. The van der Waals surface area contributed by atoms with E-state index in [0.29, 0.717) is 23.4 Å². The van der Waals surface area contributed by atoms with E-state index in [1.54, 1.807) is 17.0 Å². The third-order valence-electron chi connectivity index (χ3n) is 6.72. The Hall–Kier alpha value is -3.50. The van der Waals surface area contributed by atoms with E-state index >= 15 is 0 Å². The molecule has 1 aliphatic carbocycles. The molecule has 166 valence electrons. The average Bonchev–Trinajstić information content (AvgIpc) is 3.06. The highest BCUT2D eigenvalue weighted by Crippen LogP contribution is 2.43. The number of aliphatic hydroxyl groups is 1. The zero-order valence-electron chi connectivity index (χ0n) is 18.5. The van der Waals surface area contributed by atoms with Crippen LogP contribution in [-0.4, -0.2) is 23.3 Å². The van der Waals surface area contributed by atoms with E-state index in [2.05, 4.69) is 0 Å². The fourth-order valence-electron chi connectivity index (χ4n) is 4.96. The molecule has 0 spiro atoms. The maximum absolute atomic E-state index is 13.4. The number of benzene rings is 3. The minimum Gasteiger partial charge on any atom is -0.375 e. The average molecular weight is 438 g/mol. The van der Waals surface area contributed by atoms with E-state index < -0.39 is 11.5 Å². The van der Waals surface area contributed by atoms with Crippen LogP contribution < -0.4 is 4.90 Å². The van der Waals surface area contributed by atoms with E-state index in [1.807, 2.05) is 72.8 Å². The molecule has 3 aromatic rings. The second kappa shape index (κ2) is 8.80. The largest absolute Gasteiger partial charge is 0.375 e. The first-order valence-electron chi connectivity index (χ1n) is 11.6. The molecule has 0 aromatic heterocycles. The number of para-hydroxylation sites is 1. The minimum atomic E-state index is -1.86. The molecule has 0 bridgehead atoms. The van der Waals surface area contributed by atoms with Gasteiger partial charge in [-0.2, -0.15) is 0 Å². The van der Waals surface area contributed by atoms with Crippen molar-refractivity contribution in [1.29, 1.82) is 0 Å². The number of ketones is 1. The van der Waals surface area contributed by atoms with Crippen molar-refractivity contribution >= 4 is 23.5 Å². The third-order valence-corrected chi connectivity index (χ3v) is 6.72. The molecule has 1 heterocycles. The number of hydrogen-bond acceptors (Lipinski definition) is 3. The number of anilines is 1. The van der Waals surface area contributed by atoms with Crippen molar-refractivity contribution in [2.24, 2.45) is 0 Å². The van der Waals surface area contributed by atoms with Gasteiger partial charge in [0.05, 0.1) is 12.1 Å². The van der Waals surface area contributed by atoms with Crippen LogP contribution in [0.1, 0.15) is 51.9 Å². The number of hydrogen-bond donors (Lipinski definition) is 1. The van der Waals surface area contributed by atoms with E-state index in [-0.39, 0.29) is 12.2 Å². The number of fused-ring (bicyclic) bond motifs is 2. The number of aryl methyl sites for hydroxylation is 2. The van der Waals surface area contributed by atoms with Gasteiger partial charge < -0.3 is 10.0 Å². The summed E-state index contributed by atoms with van der Waals surface area (Å²) in [5, 5.41) is 11.5. The summed E-state index contributed by atoms with van der Waals surface area (Å²) in [6.07, 6.45) is 7.92. The van der Waals surface area contributed by atoms with Gasteiger partial charge in [-0.25, -0.2) is 0 Å². The molecule has 0 saturated carbocycles. The molecule has 1 N–H and O–H groups in total. The van der Waals surface area contributed by atoms with Crippen LogP contribution in [0.25, 0.3) is 6.08 Å². The van der Waals surface area contributed by atoms with Crippen molar-refractivity contribution in [2.75, 3.05) is 11.4 Å². The molecule has 1 amide bonds. The normalized spacial score (nSPS) is 19.5. The van der Waals surface area contributed by atoms with Crippen molar-refractivity contribution in [2.45, 2.75) is 37.7 Å². The Balaban J connectivity index is 1.39. The van der Waals surface area contributed by atoms with Gasteiger partial charge in [-0.05, 0) is 54.5 Å². The molecular formula is C29H27NO3. The van der Waals surface area contributed by atoms with Crippen molar-refractivity contribution in [3.05, 3.63) is 107 Å². The van der Waals surface area contributed by atoms with Crippen LogP contribution in [0, 0.1) is 0 Å². The van der Waals surface area contributed by atoms with Crippen molar-refractivity contribution in [3.63, 3.8) is 0 Å². The molecule has 4 heteroatoms. The van der Waals surface area contributed by atoms with Crippen LogP contribution in [0.4, 0.5) is 5.69 Å². The molecular weight excluding hydrogens is 410 g/mol. The first kappa shape index (κ1) is 21.4. The van der Waals surface area contributed by atoms with Crippen LogP contribution >= 0.6 is 0 Å². The minimum absolute atomic E-state index is 0.212. The SMILES string of the molecule is O=C(C[C@@]1(O)C(=O)N(C/C=C/c2ccccc2)c2ccccc21)c1ccc2c(c1)CCCC2. The number of carbonyl (C=O) groups excluding carboxylic acids is 2. The van der Waals surface area contributed by atoms with Gasteiger partial charge in [-0.15, -0.1) is 0 Å². The van der Waals surface area contributed by atoms with Crippen LogP contribution in [0.5, 0.6) is 0 Å². The fraction of sp³-hybridized carbons (Fsp3) is 0.241. The van der Waals surface area contributed by atoms with E-state index in [0.717, 1.165) is 24.8 Å². The quantitative estimate of drug-likeness (QED) is 0.547. The van der Waals surface area contributed by atoms with E-state index in [9.17, 15) is 14.7 Å². The molecule has 2 aliphatic rings. The smallest absolute Gasteiger partial charge is 0.264 e. The zero-order chi connectivity index (χ0) is 22.8. The number of amides is 1. The standard InChI is InChI=1S/C29H27NO3/c31-27(24-17-16-22-12-4-5-13-23(22)19-24)20-29(33)25-14-6-7-15-26(25)30(28(29)32)18-8-11-21-9-2-1-3-10-21/h1-3,6-11,14-17,19,33H,4-5,12-13,18,20H2/b11-8+/t29-/m0/s1. The third kappa shape index (κ3) is 4.03. The lowest BCUT2D eigenvalue weighted by atomic mass is 9.85. The summed E-state index contributed by atoms with van der Waals surface area (Å²) >= 11 is 0. The Morgan fingerprint density at radius 2 is 1.67 bits per heavy atom. The molecule has 3 aromatic carbocycles. The molecule has 5 rings (SSSR count). The Morgan fingerprint density at radius 1 is 0.939 bits per heavy atom. The molecule has 0 unspecified atom stereocenters. The Kier molecular flexibility index (Phi) is 5.69. The van der Waals surface area contributed by atoms with E-state index in [4.69, 9.17) is 0 Å². The van der Waals surface area contributed by atoms with Crippen molar-refractivity contribution in [3.8, 4) is 0 Å². The molecule has 1 atom stereocenters. The van der Waals surface area contributed by atoms with Crippen LogP contribution in [0.3, 0.4) is 0 Å². The highest BCUT2D eigenvalue weighted by atomic mass is 16.3. The van der Waals surface area contributed by atoms with Gasteiger partial charge in [0, 0.05) is 17.7 Å². The van der Waals surface area contributed by atoms with Gasteiger partial charge in [0.25, 0.3) is 5.91 Å². The maximum Gasteiger partial charge on any atom is 0.264 e. The Morgan fingerprint density at radius 3 is 2.48 bits per heavy atom. The summed E-state index contributed by atoms with van der Waals surface area (Å²) < 4.78 is 0. The second-order valence-corrected chi connectivity index (χ2v) is 8.90. The van der Waals surface area contributed by atoms with Gasteiger partial charge in [-0.3, -0.25) is 9.59 Å². The first-order valence-corrected chi connectivity index (χ1v) is 11.6. The van der Waals surface area contributed by atoms with Gasteiger partial charge in [0.1, 0.15) is 0 Å². The lowest BCUT2D eigenvalue weighted by Gasteiger charge is -2.23. The topological polar surface area (TPSA) is 57.6 Å². The first-order chi connectivity index (χ1) is 16.1. The van der Waals surface area contributed by atoms with Gasteiger partial charge in [0.2, 0.25) is 0 Å². The van der Waals surface area contributed by atoms with Crippen molar-refractivity contribution < 1.29 is 14.7 Å². The van der Waals surface area contributed by atoms with E-state index in [1.165, 1.54) is 17.5 Å². The summed E-state index contributed by atoms with van der Waals surface area (Å²) in [4.78, 5) is 28.2. The fourth-order valence-corrected chi connectivity index (χ4v) is 4.96. The predicted molar refractivity (Wildman–Crippen MR) is 130 cm³/mol. The molecule has 0 radical (unpaired) electrons. The number of nitrogens with zero attached hydrogens (tertiary/aromatic N) is 1. The Labute approximate surface area is 194 Å². The summed E-state index contributed by atoms with van der Waals surface area (Å²) in [6.45, 7) is 0.320. The molecule has 33 heavy (non-hydrogen) atoms. The zero-order valence-corrected chi connectivity index (χ0v) is 18.5. The van der Waals surface area contributed by atoms with Crippen LogP contribution in [-0.2, 0) is 23.2 Å². The van der Waals surface area contributed by atoms with Gasteiger partial charge in [0.15, 0.2) is 11.4 Å². The predicted octanol–water partition coefficient (Wildman–Crippen LogP) is 5.09. The molecule has 0 saturated heterocycles. The van der Waals surface area contributed by atoms with Crippen molar-refractivity contribution in [1.82, 2.24) is 0 Å². The summed E-state index contributed by atoms with van der Waals surface area (Å²) in [6, 6.07) is 22.9. The number of rotatable bonds is 6. The highest BCUT2D eigenvalue weighted by molar-refractivity contribution is 6.11. The van der Waals surface area contributed by atoms with Gasteiger partial charge in [-0.1, -0.05) is 72.8 Å². The maximum atomic E-state index is 13.4. The lowest BCUT2D eigenvalue weighted by molar-refractivity contribution is -0.135. The van der Waals surface area contributed by atoms with Gasteiger partial charge >= 0.3 is 0 Å². The summed E-state index contributed by atoms with van der Waals surface area (Å²) in [7, 11) is 0. The lowest BCUT2D eigenvalue weighted by Crippen LogP contribution is -2.42. The van der Waals surface area contributed by atoms with Crippen LogP contribution in [0.15, 0.2) is 78.9 Å². The second-order valence-electron chi connectivity index (χ2n) is 8.90. The molecule has 4 nitrogen and oxygen atoms in total.